The standard InChI is InChI=1S/C10H13N5OS/c1-6-7(2)16-10(14-6)17-5-8-3-13-9(15-11)4-12-8/h3-4H,5,11H2,1-2H3,(H,13,15). The van der Waals surface area contributed by atoms with E-state index in [4.69, 9.17) is 10.3 Å². The second-order valence-corrected chi connectivity index (χ2v) is 4.37. The number of nitrogens with one attached hydrogen (secondary N) is 1. The second kappa shape index (κ2) is 5.15. The summed E-state index contributed by atoms with van der Waals surface area (Å²) < 4.78 is 5.45. The van der Waals surface area contributed by atoms with E-state index < -0.39 is 0 Å². The molecule has 0 bridgehead atoms. The Morgan fingerprint density at radius 1 is 1.35 bits per heavy atom. The Morgan fingerprint density at radius 3 is 2.71 bits per heavy atom. The average molecular weight is 251 g/mol. The summed E-state index contributed by atoms with van der Waals surface area (Å²) in [7, 11) is 0. The fourth-order valence-corrected chi connectivity index (χ4v) is 1.95. The van der Waals surface area contributed by atoms with Crippen molar-refractivity contribution >= 4 is 17.6 Å². The maximum atomic E-state index is 5.45. The summed E-state index contributed by atoms with van der Waals surface area (Å²) in [5, 5.41) is 0.655. The zero-order chi connectivity index (χ0) is 12.3. The molecule has 17 heavy (non-hydrogen) atoms. The van der Waals surface area contributed by atoms with Gasteiger partial charge in [-0.1, -0.05) is 11.8 Å². The van der Waals surface area contributed by atoms with Crippen molar-refractivity contribution in [1.29, 1.82) is 0 Å². The quantitative estimate of drug-likeness (QED) is 0.485. The Bertz CT molecular complexity index is 476. The van der Waals surface area contributed by atoms with E-state index in [1.54, 1.807) is 12.4 Å². The summed E-state index contributed by atoms with van der Waals surface area (Å²) in [6.07, 6.45) is 3.26. The molecule has 0 saturated heterocycles. The molecule has 2 rings (SSSR count). The van der Waals surface area contributed by atoms with Crippen LogP contribution in [-0.4, -0.2) is 15.0 Å². The van der Waals surface area contributed by atoms with Crippen LogP contribution in [0.4, 0.5) is 5.82 Å². The highest BCUT2D eigenvalue weighted by Gasteiger charge is 2.07. The van der Waals surface area contributed by atoms with E-state index in [-0.39, 0.29) is 0 Å². The van der Waals surface area contributed by atoms with Gasteiger partial charge in [-0.25, -0.2) is 15.8 Å². The van der Waals surface area contributed by atoms with Gasteiger partial charge in [-0.2, -0.15) is 0 Å². The highest BCUT2D eigenvalue weighted by atomic mass is 32.2. The number of nitrogen functional groups attached to an aromatic ring is 1. The largest absolute Gasteiger partial charge is 0.437 e. The fourth-order valence-electron chi connectivity index (χ4n) is 1.14. The topological polar surface area (TPSA) is 89.9 Å². The number of hydrazine groups is 1. The van der Waals surface area contributed by atoms with Crippen molar-refractivity contribution in [1.82, 2.24) is 15.0 Å². The van der Waals surface area contributed by atoms with Gasteiger partial charge in [0.25, 0.3) is 5.22 Å². The Kier molecular flexibility index (Phi) is 3.60. The van der Waals surface area contributed by atoms with Crippen molar-refractivity contribution in [3.63, 3.8) is 0 Å². The lowest BCUT2D eigenvalue weighted by Gasteiger charge is -1.99. The van der Waals surface area contributed by atoms with E-state index >= 15 is 0 Å². The van der Waals surface area contributed by atoms with Crippen LogP contribution in [0, 0.1) is 13.8 Å². The summed E-state index contributed by atoms with van der Waals surface area (Å²) >= 11 is 1.49. The fraction of sp³-hybridized carbons (Fsp3) is 0.300. The number of hydrogen-bond donors (Lipinski definition) is 2. The van der Waals surface area contributed by atoms with Crippen LogP contribution in [0.25, 0.3) is 0 Å². The van der Waals surface area contributed by atoms with Crippen LogP contribution in [0.2, 0.25) is 0 Å². The third kappa shape index (κ3) is 2.95. The molecule has 0 aliphatic rings. The van der Waals surface area contributed by atoms with Crippen LogP contribution in [-0.2, 0) is 5.75 Å². The predicted molar refractivity (Wildman–Crippen MR) is 65.4 cm³/mol. The normalized spacial score (nSPS) is 10.5. The highest BCUT2D eigenvalue weighted by Crippen LogP contribution is 2.23. The predicted octanol–water partition coefficient (Wildman–Crippen LogP) is 1.66. The monoisotopic (exact) mass is 251 g/mol. The van der Waals surface area contributed by atoms with Crippen molar-refractivity contribution in [2.24, 2.45) is 5.84 Å². The molecule has 0 unspecified atom stereocenters. The molecule has 0 fully saturated rings. The van der Waals surface area contributed by atoms with Gasteiger partial charge in [0.1, 0.15) is 5.76 Å². The van der Waals surface area contributed by atoms with Gasteiger partial charge in [-0.3, -0.25) is 4.98 Å². The highest BCUT2D eigenvalue weighted by molar-refractivity contribution is 7.98. The van der Waals surface area contributed by atoms with Gasteiger partial charge in [0.05, 0.1) is 23.8 Å². The summed E-state index contributed by atoms with van der Waals surface area (Å²) in [6.45, 7) is 3.82. The molecule has 0 spiro atoms. The number of nitrogens with zero attached hydrogens (tertiary/aromatic N) is 3. The molecule has 2 aromatic rings. The molecule has 0 aliphatic carbocycles. The zero-order valence-corrected chi connectivity index (χ0v) is 10.4. The van der Waals surface area contributed by atoms with Crippen LogP contribution in [0.15, 0.2) is 22.0 Å². The molecule has 7 heteroatoms. The third-order valence-electron chi connectivity index (χ3n) is 2.21. The zero-order valence-electron chi connectivity index (χ0n) is 9.60. The summed E-state index contributed by atoms with van der Waals surface area (Å²) in [4.78, 5) is 12.5. The summed E-state index contributed by atoms with van der Waals surface area (Å²) in [6, 6.07) is 0. The van der Waals surface area contributed by atoms with Crippen molar-refractivity contribution in [3.8, 4) is 0 Å². The third-order valence-corrected chi connectivity index (χ3v) is 3.07. The van der Waals surface area contributed by atoms with Gasteiger partial charge < -0.3 is 9.84 Å². The van der Waals surface area contributed by atoms with Gasteiger partial charge in [0.2, 0.25) is 0 Å². The molecule has 0 amide bonds. The molecule has 0 radical (unpaired) electrons. The minimum atomic E-state index is 0.543. The lowest BCUT2D eigenvalue weighted by atomic mass is 10.4. The van der Waals surface area contributed by atoms with Gasteiger partial charge >= 0.3 is 0 Å². The number of aromatic nitrogens is 3. The Morgan fingerprint density at radius 2 is 2.18 bits per heavy atom. The molecule has 0 atom stereocenters. The second-order valence-electron chi connectivity index (χ2n) is 3.45. The minimum absolute atomic E-state index is 0.543. The average Bonchev–Trinajstić information content (AvgIpc) is 2.67. The smallest absolute Gasteiger partial charge is 0.256 e. The van der Waals surface area contributed by atoms with Crippen LogP contribution >= 0.6 is 11.8 Å². The first-order chi connectivity index (χ1) is 8.19. The number of thioether (sulfide) groups is 1. The van der Waals surface area contributed by atoms with Gasteiger partial charge in [-0.05, 0) is 13.8 Å². The van der Waals surface area contributed by atoms with Crippen LogP contribution in [0.1, 0.15) is 17.1 Å². The Hall–Kier alpha value is -1.60. The number of aryl methyl sites for hydroxylation is 2. The van der Waals surface area contributed by atoms with E-state index in [1.807, 2.05) is 13.8 Å². The van der Waals surface area contributed by atoms with Crippen molar-refractivity contribution in [2.75, 3.05) is 5.43 Å². The van der Waals surface area contributed by atoms with Gasteiger partial charge in [-0.15, -0.1) is 0 Å². The van der Waals surface area contributed by atoms with Crippen molar-refractivity contribution in [2.45, 2.75) is 24.8 Å². The Balaban J connectivity index is 1.97. The van der Waals surface area contributed by atoms with Crippen molar-refractivity contribution in [3.05, 3.63) is 29.5 Å². The van der Waals surface area contributed by atoms with E-state index in [9.17, 15) is 0 Å². The maximum Gasteiger partial charge on any atom is 0.256 e. The van der Waals surface area contributed by atoms with E-state index in [0.29, 0.717) is 16.8 Å². The van der Waals surface area contributed by atoms with Crippen molar-refractivity contribution < 1.29 is 4.42 Å². The van der Waals surface area contributed by atoms with Gasteiger partial charge in [0.15, 0.2) is 5.82 Å². The Labute approximate surface area is 103 Å². The number of rotatable bonds is 4. The first-order valence-corrected chi connectivity index (χ1v) is 6.02. The molecular formula is C10H13N5OS. The van der Waals surface area contributed by atoms with E-state index in [1.165, 1.54) is 11.8 Å². The van der Waals surface area contributed by atoms with E-state index in [0.717, 1.165) is 17.1 Å². The number of hydrogen-bond acceptors (Lipinski definition) is 7. The molecule has 0 aliphatic heterocycles. The molecule has 90 valence electrons. The first-order valence-electron chi connectivity index (χ1n) is 5.03. The summed E-state index contributed by atoms with van der Waals surface area (Å²) in [5.41, 5.74) is 4.19. The molecule has 2 heterocycles. The number of oxazole rings is 1. The van der Waals surface area contributed by atoms with Crippen LogP contribution < -0.4 is 11.3 Å². The van der Waals surface area contributed by atoms with E-state index in [2.05, 4.69) is 20.4 Å². The van der Waals surface area contributed by atoms with Crippen LogP contribution in [0.3, 0.4) is 0 Å². The molecule has 0 aromatic carbocycles. The molecule has 2 aromatic heterocycles. The number of nitrogens with two attached hydrogens (primary N) is 1. The van der Waals surface area contributed by atoms with Crippen LogP contribution in [0.5, 0.6) is 0 Å². The van der Waals surface area contributed by atoms with Gasteiger partial charge in [0, 0.05) is 5.75 Å². The molecule has 6 nitrogen and oxygen atoms in total. The molecule has 3 N–H and O–H groups in total. The lowest BCUT2D eigenvalue weighted by Crippen LogP contribution is -2.08. The molecule has 0 saturated carbocycles. The maximum absolute atomic E-state index is 5.45. The SMILES string of the molecule is Cc1nc(SCc2cnc(NN)cn2)oc1C. The first kappa shape index (κ1) is 11.9. The minimum Gasteiger partial charge on any atom is -0.437 e. The number of anilines is 1. The molecular weight excluding hydrogens is 238 g/mol. The summed E-state index contributed by atoms with van der Waals surface area (Å²) in [5.74, 6) is 7.26. The lowest BCUT2D eigenvalue weighted by molar-refractivity contribution is 0.431.